The maximum Gasteiger partial charge on any atom is 0.164 e. The van der Waals surface area contributed by atoms with Crippen LogP contribution in [-0.2, 0) is 6.42 Å². The van der Waals surface area contributed by atoms with Crippen molar-refractivity contribution in [2.75, 3.05) is 0 Å². The van der Waals surface area contributed by atoms with Crippen molar-refractivity contribution < 1.29 is 0 Å². The highest BCUT2D eigenvalue weighted by molar-refractivity contribution is 7.26. The number of hydrogen-bond donors (Lipinski definition) is 0. The van der Waals surface area contributed by atoms with Crippen LogP contribution >= 0.6 is 11.3 Å². The van der Waals surface area contributed by atoms with E-state index in [9.17, 15) is 0 Å². The van der Waals surface area contributed by atoms with Gasteiger partial charge in [-0.3, -0.25) is 0 Å². The molecule has 0 saturated heterocycles. The molecule has 0 N–H and O–H groups in total. The number of para-hydroxylation sites is 4. The van der Waals surface area contributed by atoms with Crippen molar-refractivity contribution in [1.82, 2.24) is 24.1 Å². The van der Waals surface area contributed by atoms with Gasteiger partial charge in [-0.1, -0.05) is 194 Å². The van der Waals surface area contributed by atoms with Crippen LogP contribution in [0.15, 0.2) is 249 Å². The molecule has 0 bridgehead atoms. The summed E-state index contributed by atoms with van der Waals surface area (Å²) in [6, 6.07) is 89.9. The number of hydrogen-bond acceptors (Lipinski definition) is 4. The molecule has 11 aromatic carbocycles. The molecule has 4 heterocycles. The van der Waals surface area contributed by atoms with Crippen molar-refractivity contribution >= 4 is 75.1 Å². The van der Waals surface area contributed by atoms with Crippen LogP contribution in [0.4, 0.5) is 0 Å². The summed E-state index contributed by atoms with van der Waals surface area (Å²) in [4.78, 5) is 16.1. The minimum atomic E-state index is 0.615. The van der Waals surface area contributed by atoms with Crippen molar-refractivity contribution in [3.05, 3.63) is 260 Å². The molecule has 4 aromatic heterocycles. The van der Waals surface area contributed by atoms with Crippen LogP contribution in [0.5, 0.6) is 0 Å². The Balaban J connectivity index is 1.00. The lowest BCUT2D eigenvalue weighted by Gasteiger charge is -2.17. The van der Waals surface area contributed by atoms with Gasteiger partial charge in [0.2, 0.25) is 0 Å². The summed E-state index contributed by atoms with van der Waals surface area (Å²) in [5.74, 6) is 1.86. The summed E-state index contributed by atoms with van der Waals surface area (Å²) in [7, 11) is 0. The molecule has 76 heavy (non-hydrogen) atoms. The van der Waals surface area contributed by atoms with E-state index < -0.39 is 0 Å². The Morgan fingerprint density at radius 2 is 0.842 bits per heavy atom. The quantitative estimate of drug-likeness (QED) is 0.160. The summed E-state index contributed by atoms with van der Waals surface area (Å²) in [5.41, 5.74) is 19.6. The van der Waals surface area contributed by atoms with Gasteiger partial charge in [-0.05, 0) is 100.0 Å². The molecule has 0 atom stereocenters. The average Bonchev–Trinajstić information content (AvgIpc) is 4.42. The van der Waals surface area contributed by atoms with Gasteiger partial charge in [0.25, 0.3) is 0 Å². The zero-order chi connectivity index (χ0) is 49.8. The van der Waals surface area contributed by atoms with Crippen molar-refractivity contribution in [2.24, 2.45) is 0 Å². The molecule has 0 radical (unpaired) electrons. The number of fused-ring (bicyclic) bond motifs is 14. The molecule has 0 unspecified atom stereocenters. The van der Waals surface area contributed by atoms with Crippen LogP contribution < -0.4 is 0 Å². The number of nitrogens with zero attached hydrogens (tertiary/aromatic N) is 5. The second-order valence-electron chi connectivity index (χ2n) is 19.8. The van der Waals surface area contributed by atoms with E-state index in [-0.39, 0.29) is 0 Å². The Morgan fingerprint density at radius 1 is 0.316 bits per heavy atom. The van der Waals surface area contributed by atoms with Gasteiger partial charge in [-0.2, -0.15) is 0 Å². The summed E-state index contributed by atoms with van der Waals surface area (Å²) in [6.45, 7) is 0. The van der Waals surface area contributed by atoms with Gasteiger partial charge in [0.1, 0.15) is 0 Å². The third kappa shape index (κ3) is 6.47. The van der Waals surface area contributed by atoms with Gasteiger partial charge in [-0.25, -0.2) is 15.0 Å². The van der Waals surface area contributed by atoms with Crippen LogP contribution in [0.1, 0.15) is 11.1 Å². The second-order valence-corrected chi connectivity index (χ2v) is 20.9. The Bertz CT molecular complexity index is 4760. The summed E-state index contributed by atoms with van der Waals surface area (Å²) in [5, 5.41) is 7.41. The van der Waals surface area contributed by atoms with Gasteiger partial charge in [0.15, 0.2) is 17.5 Å². The molecule has 0 spiro atoms. The van der Waals surface area contributed by atoms with Crippen molar-refractivity contribution in [2.45, 2.75) is 6.42 Å². The van der Waals surface area contributed by atoms with E-state index in [1.54, 1.807) is 0 Å². The number of aromatic nitrogens is 5. The molecule has 0 saturated carbocycles. The molecule has 15 aromatic rings. The number of thiophene rings is 1. The molecular weight excluding hydrogens is 943 g/mol. The predicted molar refractivity (Wildman–Crippen MR) is 317 cm³/mol. The minimum Gasteiger partial charge on any atom is -0.309 e. The molecule has 6 heteroatoms. The SMILES string of the molecule is c1ccc(-c2nc(-c3ccccc3)nc(-c3cc(-c4cccc5c4-c4c(ccc6c7ccccc7n(-c7ccccc7)c46)C5)ccc3-c3cccc4sc5ccc6c7ccccc7n(-c7ccccc7)c6c5c34)n2)cc1. The van der Waals surface area contributed by atoms with Gasteiger partial charge in [-0.15, -0.1) is 11.3 Å². The maximum atomic E-state index is 5.47. The fraction of sp³-hybridized carbons (Fsp3) is 0.0143. The standard InChI is InChI=1S/C70H43N5S/c1-5-19-43(20-6-1)68-71-69(44-21-7-2-8-22-44)73-70(72-68)57-42-45(50-30-17-23-46-41-47-36-38-55-52-28-13-15-32-58(52)74(48-24-9-3-10-25-48)66(55)63(47)62(46)50)35-37-51(57)54-31-18-34-60-64(54)65-61(76-60)40-39-56-53-29-14-16-33-59(53)75(67(56)65)49-26-11-4-12-27-49/h1-40,42H,41H2. The van der Waals surface area contributed by atoms with E-state index in [4.69, 9.17) is 15.0 Å². The molecule has 354 valence electrons. The monoisotopic (exact) mass is 985 g/mol. The highest BCUT2D eigenvalue weighted by atomic mass is 32.1. The van der Waals surface area contributed by atoms with E-state index in [2.05, 4.69) is 221 Å². The van der Waals surface area contributed by atoms with Gasteiger partial charge in [0, 0.05) is 75.3 Å². The first kappa shape index (κ1) is 42.7. The van der Waals surface area contributed by atoms with Gasteiger partial charge in [0.05, 0.1) is 22.1 Å². The topological polar surface area (TPSA) is 48.5 Å². The van der Waals surface area contributed by atoms with Crippen LogP contribution in [0, 0.1) is 0 Å². The first-order chi connectivity index (χ1) is 37.7. The lowest BCUT2D eigenvalue weighted by molar-refractivity contribution is 1.07. The molecule has 5 nitrogen and oxygen atoms in total. The number of rotatable bonds is 7. The summed E-state index contributed by atoms with van der Waals surface area (Å²) in [6.07, 6.45) is 0.853. The summed E-state index contributed by atoms with van der Waals surface area (Å²) < 4.78 is 7.40. The Labute approximate surface area is 441 Å². The van der Waals surface area contributed by atoms with Crippen LogP contribution in [0.2, 0.25) is 0 Å². The molecular formula is C70H43N5S. The highest BCUT2D eigenvalue weighted by Crippen LogP contribution is 2.52. The smallest absolute Gasteiger partial charge is 0.164 e. The molecule has 0 amide bonds. The van der Waals surface area contributed by atoms with E-state index in [1.807, 2.05) is 47.7 Å². The second kappa shape index (κ2) is 16.9. The third-order valence-corrected chi connectivity index (χ3v) is 16.7. The predicted octanol–water partition coefficient (Wildman–Crippen LogP) is 18.3. The van der Waals surface area contributed by atoms with Crippen LogP contribution in [-0.4, -0.2) is 24.1 Å². The Kier molecular flexibility index (Phi) is 9.50. The van der Waals surface area contributed by atoms with E-state index in [0.29, 0.717) is 17.5 Å². The zero-order valence-corrected chi connectivity index (χ0v) is 41.8. The molecule has 0 fully saturated rings. The largest absolute Gasteiger partial charge is 0.309 e. The van der Waals surface area contributed by atoms with Crippen molar-refractivity contribution in [1.29, 1.82) is 0 Å². The van der Waals surface area contributed by atoms with E-state index >= 15 is 0 Å². The lowest BCUT2D eigenvalue weighted by Crippen LogP contribution is -2.01. The first-order valence-corrected chi connectivity index (χ1v) is 26.7. The molecule has 1 aliphatic rings. The first-order valence-electron chi connectivity index (χ1n) is 25.9. The van der Waals surface area contributed by atoms with Gasteiger partial charge >= 0.3 is 0 Å². The minimum absolute atomic E-state index is 0.615. The van der Waals surface area contributed by atoms with Gasteiger partial charge < -0.3 is 9.13 Å². The highest BCUT2D eigenvalue weighted by Gasteiger charge is 2.29. The zero-order valence-electron chi connectivity index (χ0n) is 41.0. The Hall–Kier alpha value is -9.75. The summed E-state index contributed by atoms with van der Waals surface area (Å²) >= 11 is 1.85. The third-order valence-electron chi connectivity index (χ3n) is 15.6. The Morgan fingerprint density at radius 3 is 1.51 bits per heavy atom. The maximum absolute atomic E-state index is 5.47. The van der Waals surface area contributed by atoms with Crippen molar-refractivity contribution in [3.63, 3.8) is 0 Å². The van der Waals surface area contributed by atoms with Crippen molar-refractivity contribution in [3.8, 4) is 78.9 Å². The van der Waals surface area contributed by atoms with Crippen LogP contribution in [0.25, 0.3) is 143 Å². The van der Waals surface area contributed by atoms with E-state index in [1.165, 1.54) is 91.6 Å². The normalized spacial score (nSPS) is 12.2. The molecule has 0 aliphatic heterocycles. The van der Waals surface area contributed by atoms with E-state index in [0.717, 1.165) is 51.2 Å². The number of benzene rings is 11. The fourth-order valence-corrected chi connectivity index (χ4v) is 13.5. The average molecular weight is 986 g/mol. The molecule has 1 aliphatic carbocycles. The fourth-order valence-electron chi connectivity index (χ4n) is 12.3. The van der Waals surface area contributed by atoms with Crippen LogP contribution in [0.3, 0.4) is 0 Å². The molecule has 16 rings (SSSR count). The lowest BCUT2D eigenvalue weighted by atomic mass is 9.88.